The van der Waals surface area contributed by atoms with Gasteiger partial charge in [0.1, 0.15) is 11.6 Å². The number of nitrogens with one attached hydrogen (secondary N) is 1. The minimum atomic E-state index is -0.101. The standard InChI is InChI=1S/C12H11ClN2O2/c13-9-3-5-11(14-8-9)15-12(16)6-4-10-2-1-7-17-10/h1-3,5,7-8H,4,6H2,(H,14,15,16). The lowest BCUT2D eigenvalue weighted by atomic mass is 10.2. The van der Waals surface area contributed by atoms with Gasteiger partial charge in [0.05, 0.1) is 11.3 Å². The second kappa shape index (κ2) is 5.50. The molecule has 0 unspecified atom stereocenters. The third kappa shape index (κ3) is 3.60. The molecule has 2 rings (SSSR count). The monoisotopic (exact) mass is 250 g/mol. The minimum absolute atomic E-state index is 0.101. The average molecular weight is 251 g/mol. The van der Waals surface area contributed by atoms with Crippen molar-refractivity contribution in [2.75, 3.05) is 5.32 Å². The molecule has 2 aromatic heterocycles. The molecular weight excluding hydrogens is 240 g/mol. The molecule has 17 heavy (non-hydrogen) atoms. The summed E-state index contributed by atoms with van der Waals surface area (Å²) in [6.07, 6.45) is 4.02. The molecule has 0 spiro atoms. The molecular formula is C12H11ClN2O2. The number of aryl methyl sites for hydroxylation is 1. The molecule has 0 radical (unpaired) electrons. The molecule has 0 aromatic carbocycles. The summed E-state index contributed by atoms with van der Waals surface area (Å²) in [4.78, 5) is 15.5. The van der Waals surface area contributed by atoms with E-state index in [0.717, 1.165) is 5.76 Å². The highest BCUT2D eigenvalue weighted by Crippen LogP contribution is 2.10. The number of carbonyl (C=O) groups is 1. The Labute approximate surface area is 104 Å². The maximum Gasteiger partial charge on any atom is 0.225 e. The van der Waals surface area contributed by atoms with Crippen LogP contribution in [0.15, 0.2) is 41.1 Å². The van der Waals surface area contributed by atoms with Gasteiger partial charge in [-0.25, -0.2) is 4.98 Å². The van der Waals surface area contributed by atoms with E-state index in [9.17, 15) is 4.79 Å². The summed E-state index contributed by atoms with van der Waals surface area (Å²) in [6.45, 7) is 0. The molecule has 0 saturated heterocycles. The number of pyridine rings is 1. The molecule has 0 atom stereocenters. The lowest BCUT2D eigenvalue weighted by molar-refractivity contribution is -0.116. The van der Waals surface area contributed by atoms with E-state index < -0.39 is 0 Å². The van der Waals surface area contributed by atoms with E-state index in [0.29, 0.717) is 23.7 Å². The number of aromatic nitrogens is 1. The van der Waals surface area contributed by atoms with Crippen molar-refractivity contribution in [1.82, 2.24) is 4.98 Å². The van der Waals surface area contributed by atoms with Crippen LogP contribution in [0.2, 0.25) is 5.02 Å². The number of anilines is 1. The SMILES string of the molecule is O=C(CCc1ccco1)Nc1ccc(Cl)cn1. The van der Waals surface area contributed by atoms with Crippen LogP contribution in [0.5, 0.6) is 0 Å². The minimum Gasteiger partial charge on any atom is -0.469 e. The van der Waals surface area contributed by atoms with Crippen LogP contribution >= 0.6 is 11.6 Å². The molecule has 0 aliphatic heterocycles. The van der Waals surface area contributed by atoms with Gasteiger partial charge in [-0.2, -0.15) is 0 Å². The van der Waals surface area contributed by atoms with E-state index in [4.69, 9.17) is 16.0 Å². The smallest absolute Gasteiger partial charge is 0.225 e. The molecule has 5 heteroatoms. The van der Waals surface area contributed by atoms with Gasteiger partial charge >= 0.3 is 0 Å². The van der Waals surface area contributed by atoms with Gasteiger partial charge in [0, 0.05) is 19.0 Å². The number of rotatable bonds is 4. The van der Waals surface area contributed by atoms with Crippen molar-refractivity contribution in [3.8, 4) is 0 Å². The van der Waals surface area contributed by atoms with Crippen LogP contribution < -0.4 is 5.32 Å². The van der Waals surface area contributed by atoms with Crippen LogP contribution in [-0.4, -0.2) is 10.9 Å². The quantitative estimate of drug-likeness (QED) is 0.908. The zero-order valence-corrected chi connectivity index (χ0v) is 9.78. The second-order valence-electron chi connectivity index (χ2n) is 3.49. The Bertz CT molecular complexity index is 480. The molecule has 0 bridgehead atoms. The average Bonchev–Trinajstić information content (AvgIpc) is 2.83. The zero-order valence-electron chi connectivity index (χ0n) is 9.02. The maximum atomic E-state index is 11.6. The Morgan fingerprint density at radius 3 is 2.94 bits per heavy atom. The fourth-order valence-corrected chi connectivity index (χ4v) is 1.46. The molecule has 0 fully saturated rings. The molecule has 0 aliphatic rings. The van der Waals surface area contributed by atoms with Crippen molar-refractivity contribution < 1.29 is 9.21 Å². The first-order valence-electron chi connectivity index (χ1n) is 5.18. The molecule has 2 aromatic rings. The first-order chi connectivity index (χ1) is 8.24. The Hall–Kier alpha value is -1.81. The van der Waals surface area contributed by atoms with Gasteiger partial charge in [-0.15, -0.1) is 0 Å². The number of carbonyl (C=O) groups excluding carboxylic acids is 1. The van der Waals surface area contributed by atoms with Crippen molar-refractivity contribution in [1.29, 1.82) is 0 Å². The third-order valence-electron chi connectivity index (χ3n) is 2.17. The molecule has 88 valence electrons. The van der Waals surface area contributed by atoms with Gasteiger partial charge < -0.3 is 9.73 Å². The maximum absolute atomic E-state index is 11.6. The fraction of sp³-hybridized carbons (Fsp3) is 0.167. The summed E-state index contributed by atoms with van der Waals surface area (Å²) in [5.41, 5.74) is 0. The second-order valence-corrected chi connectivity index (χ2v) is 3.93. The summed E-state index contributed by atoms with van der Waals surface area (Å²) in [5.74, 6) is 1.19. The van der Waals surface area contributed by atoms with Crippen molar-refractivity contribution in [2.45, 2.75) is 12.8 Å². The summed E-state index contributed by atoms with van der Waals surface area (Å²) >= 11 is 5.69. The van der Waals surface area contributed by atoms with Crippen LogP contribution in [-0.2, 0) is 11.2 Å². The lowest BCUT2D eigenvalue weighted by Crippen LogP contribution is -2.13. The van der Waals surface area contributed by atoms with Gasteiger partial charge in [0.2, 0.25) is 5.91 Å². The van der Waals surface area contributed by atoms with E-state index in [1.165, 1.54) is 6.20 Å². The van der Waals surface area contributed by atoms with E-state index in [1.54, 1.807) is 24.5 Å². The van der Waals surface area contributed by atoms with E-state index >= 15 is 0 Å². The Morgan fingerprint density at radius 1 is 1.41 bits per heavy atom. The van der Waals surface area contributed by atoms with Crippen LogP contribution in [0.4, 0.5) is 5.82 Å². The van der Waals surface area contributed by atoms with Crippen LogP contribution in [0.3, 0.4) is 0 Å². The fourth-order valence-electron chi connectivity index (χ4n) is 1.35. The molecule has 1 amide bonds. The summed E-state index contributed by atoms with van der Waals surface area (Å²) in [5, 5.41) is 3.22. The van der Waals surface area contributed by atoms with Gasteiger partial charge in [0.25, 0.3) is 0 Å². The Morgan fingerprint density at radius 2 is 2.29 bits per heavy atom. The van der Waals surface area contributed by atoms with Gasteiger partial charge in [0.15, 0.2) is 0 Å². The summed E-state index contributed by atoms with van der Waals surface area (Å²) in [7, 11) is 0. The summed E-state index contributed by atoms with van der Waals surface area (Å²) < 4.78 is 5.14. The number of nitrogens with zero attached hydrogens (tertiary/aromatic N) is 1. The number of hydrogen-bond donors (Lipinski definition) is 1. The topological polar surface area (TPSA) is 55.1 Å². The Balaban J connectivity index is 1.83. The predicted molar refractivity (Wildman–Crippen MR) is 64.9 cm³/mol. The van der Waals surface area contributed by atoms with Gasteiger partial charge in [-0.3, -0.25) is 4.79 Å². The molecule has 2 heterocycles. The number of furan rings is 1. The number of hydrogen-bond acceptors (Lipinski definition) is 3. The van der Waals surface area contributed by atoms with Gasteiger partial charge in [-0.05, 0) is 24.3 Å². The highest BCUT2D eigenvalue weighted by atomic mass is 35.5. The normalized spacial score (nSPS) is 10.2. The van der Waals surface area contributed by atoms with Gasteiger partial charge in [-0.1, -0.05) is 11.6 Å². The first kappa shape index (κ1) is 11.7. The first-order valence-corrected chi connectivity index (χ1v) is 5.55. The van der Waals surface area contributed by atoms with Crippen molar-refractivity contribution >= 4 is 23.3 Å². The Kier molecular flexibility index (Phi) is 3.77. The number of halogens is 1. The summed E-state index contributed by atoms with van der Waals surface area (Å²) in [6, 6.07) is 6.98. The molecule has 1 N–H and O–H groups in total. The number of amides is 1. The third-order valence-corrected chi connectivity index (χ3v) is 2.40. The highest BCUT2D eigenvalue weighted by molar-refractivity contribution is 6.30. The predicted octanol–water partition coefficient (Wildman–Crippen LogP) is 2.90. The lowest BCUT2D eigenvalue weighted by Gasteiger charge is -2.03. The van der Waals surface area contributed by atoms with E-state index in [-0.39, 0.29) is 5.91 Å². The van der Waals surface area contributed by atoms with Crippen molar-refractivity contribution in [2.24, 2.45) is 0 Å². The van der Waals surface area contributed by atoms with E-state index in [2.05, 4.69) is 10.3 Å². The molecule has 0 saturated carbocycles. The molecule has 4 nitrogen and oxygen atoms in total. The van der Waals surface area contributed by atoms with Crippen LogP contribution in [0.25, 0.3) is 0 Å². The van der Waals surface area contributed by atoms with Crippen molar-refractivity contribution in [3.63, 3.8) is 0 Å². The highest BCUT2D eigenvalue weighted by Gasteiger charge is 2.05. The van der Waals surface area contributed by atoms with Crippen LogP contribution in [0, 0.1) is 0 Å². The zero-order chi connectivity index (χ0) is 12.1. The molecule has 0 aliphatic carbocycles. The van der Waals surface area contributed by atoms with E-state index in [1.807, 2.05) is 6.07 Å². The van der Waals surface area contributed by atoms with Crippen LogP contribution in [0.1, 0.15) is 12.2 Å². The van der Waals surface area contributed by atoms with Crippen molar-refractivity contribution in [3.05, 3.63) is 47.5 Å². The largest absolute Gasteiger partial charge is 0.469 e.